The van der Waals surface area contributed by atoms with Crippen LogP contribution in [0, 0.1) is 13.8 Å². The highest BCUT2D eigenvalue weighted by Gasteiger charge is 2.15. The number of carbonyl (C=O) groups excluding carboxylic acids is 3. The molecule has 0 unspecified atom stereocenters. The quantitative estimate of drug-likeness (QED) is 0.732. The fraction of sp³-hybridized carbons (Fsp3) is 0.348. The van der Waals surface area contributed by atoms with Crippen molar-refractivity contribution in [3.8, 4) is 0 Å². The van der Waals surface area contributed by atoms with Crippen LogP contribution in [0.25, 0.3) is 0 Å². The zero-order valence-electron chi connectivity index (χ0n) is 17.6. The lowest BCUT2D eigenvalue weighted by atomic mass is 9.87. The van der Waals surface area contributed by atoms with Crippen LogP contribution in [0.15, 0.2) is 42.5 Å². The molecule has 29 heavy (non-hydrogen) atoms. The number of carbonyl (C=O) groups is 3. The molecule has 0 aliphatic heterocycles. The van der Waals surface area contributed by atoms with Gasteiger partial charge in [0.25, 0.3) is 11.8 Å². The molecule has 0 aliphatic rings. The van der Waals surface area contributed by atoms with Gasteiger partial charge in [-0.2, -0.15) is 0 Å². The number of amides is 2. The molecule has 0 aliphatic carbocycles. The number of anilines is 1. The first-order chi connectivity index (χ1) is 13.6. The Morgan fingerprint density at radius 2 is 1.62 bits per heavy atom. The van der Waals surface area contributed by atoms with Crippen LogP contribution >= 0.6 is 0 Å². The molecule has 0 atom stereocenters. The molecule has 2 amide bonds. The van der Waals surface area contributed by atoms with Crippen molar-refractivity contribution in [1.82, 2.24) is 5.32 Å². The Morgan fingerprint density at radius 3 is 2.24 bits per heavy atom. The fourth-order valence-electron chi connectivity index (χ4n) is 2.65. The highest BCUT2D eigenvalue weighted by molar-refractivity contribution is 5.96. The molecule has 0 radical (unpaired) electrons. The van der Waals surface area contributed by atoms with Crippen LogP contribution in [0.1, 0.15) is 47.8 Å². The van der Waals surface area contributed by atoms with E-state index in [0.29, 0.717) is 11.3 Å². The van der Waals surface area contributed by atoms with Gasteiger partial charge in [0.2, 0.25) is 0 Å². The number of hydrogen-bond donors (Lipinski definition) is 2. The lowest BCUT2D eigenvalue weighted by Gasteiger charge is -2.19. The summed E-state index contributed by atoms with van der Waals surface area (Å²) in [6.45, 7) is 9.40. The molecule has 2 aromatic rings. The van der Waals surface area contributed by atoms with Crippen molar-refractivity contribution in [1.29, 1.82) is 0 Å². The average molecular weight is 396 g/mol. The Bertz CT molecular complexity index is 896. The van der Waals surface area contributed by atoms with Crippen LogP contribution in [0.2, 0.25) is 0 Å². The molecule has 0 saturated carbocycles. The van der Waals surface area contributed by atoms with Crippen LogP contribution in [-0.2, 0) is 19.7 Å². The van der Waals surface area contributed by atoms with Crippen molar-refractivity contribution >= 4 is 23.5 Å². The summed E-state index contributed by atoms with van der Waals surface area (Å²) in [4.78, 5) is 36.0. The smallest absolute Gasteiger partial charge is 0.325 e. The molecular formula is C23H28N2O4. The third-order valence-corrected chi connectivity index (χ3v) is 4.65. The van der Waals surface area contributed by atoms with E-state index in [0.717, 1.165) is 16.7 Å². The van der Waals surface area contributed by atoms with Crippen LogP contribution in [-0.4, -0.2) is 30.9 Å². The third kappa shape index (κ3) is 6.45. The maximum absolute atomic E-state index is 12.2. The van der Waals surface area contributed by atoms with Crippen LogP contribution in [0.3, 0.4) is 0 Å². The number of nitrogens with one attached hydrogen (secondary N) is 2. The van der Waals surface area contributed by atoms with Crippen molar-refractivity contribution in [2.24, 2.45) is 0 Å². The van der Waals surface area contributed by atoms with Gasteiger partial charge in [0.05, 0.1) is 0 Å². The Morgan fingerprint density at radius 1 is 0.966 bits per heavy atom. The van der Waals surface area contributed by atoms with E-state index in [1.165, 1.54) is 0 Å². The summed E-state index contributed by atoms with van der Waals surface area (Å²) in [5.41, 5.74) is 4.26. The zero-order valence-corrected chi connectivity index (χ0v) is 17.6. The van der Waals surface area contributed by atoms with Crippen LogP contribution < -0.4 is 10.6 Å². The molecule has 2 rings (SSSR count). The molecule has 154 valence electrons. The van der Waals surface area contributed by atoms with Gasteiger partial charge in [0.15, 0.2) is 6.61 Å². The molecule has 0 aromatic heterocycles. The minimum absolute atomic E-state index is 0.00360. The number of esters is 1. The maximum atomic E-state index is 12.2. The summed E-state index contributed by atoms with van der Waals surface area (Å²) in [5, 5.41) is 5.21. The van der Waals surface area contributed by atoms with Gasteiger partial charge in [-0.05, 0) is 54.2 Å². The number of hydrogen-bond acceptors (Lipinski definition) is 4. The molecule has 0 bridgehead atoms. The minimum atomic E-state index is -0.680. The second-order valence-electron chi connectivity index (χ2n) is 7.97. The van der Waals surface area contributed by atoms with Crippen LogP contribution in [0.4, 0.5) is 5.69 Å². The summed E-state index contributed by atoms with van der Waals surface area (Å²) in [6.07, 6.45) is 0. The largest absolute Gasteiger partial charge is 0.454 e. The summed E-state index contributed by atoms with van der Waals surface area (Å²) >= 11 is 0. The molecule has 0 fully saturated rings. The first-order valence-electron chi connectivity index (χ1n) is 9.48. The van der Waals surface area contributed by atoms with Gasteiger partial charge in [-0.15, -0.1) is 0 Å². The van der Waals surface area contributed by atoms with E-state index in [2.05, 4.69) is 31.4 Å². The molecule has 0 saturated heterocycles. The van der Waals surface area contributed by atoms with E-state index in [4.69, 9.17) is 4.74 Å². The Kier molecular flexibility index (Phi) is 7.15. The molecule has 6 nitrogen and oxygen atoms in total. The van der Waals surface area contributed by atoms with Gasteiger partial charge in [0, 0.05) is 11.3 Å². The van der Waals surface area contributed by atoms with Crippen molar-refractivity contribution in [2.45, 2.75) is 40.0 Å². The summed E-state index contributed by atoms with van der Waals surface area (Å²) in [6, 6.07) is 12.8. The Labute approximate surface area is 171 Å². The van der Waals surface area contributed by atoms with E-state index in [1.807, 2.05) is 38.1 Å². The molecule has 2 N–H and O–H groups in total. The monoisotopic (exact) mass is 396 g/mol. The van der Waals surface area contributed by atoms with Gasteiger partial charge in [-0.25, -0.2) is 0 Å². The maximum Gasteiger partial charge on any atom is 0.325 e. The lowest BCUT2D eigenvalue weighted by Crippen LogP contribution is -2.32. The van der Waals surface area contributed by atoms with E-state index in [1.54, 1.807) is 18.2 Å². The second-order valence-corrected chi connectivity index (χ2v) is 7.97. The highest BCUT2D eigenvalue weighted by atomic mass is 16.5. The summed E-state index contributed by atoms with van der Waals surface area (Å²) in [7, 11) is 0. The second kappa shape index (κ2) is 9.37. The van der Waals surface area contributed by atoms with Gasteiger partial charge in [0.1, 0.15) is 6.54 Å². The number of ether oxygens (including phenoxy) is 1. The van der Waals surface area contributed by atoms with Gasteiger partial charge < -0.3 is 15.4 Å². The van der Waals surface area contributed by atoms with E-state index in [-0.39, 0.29) is 17.9 Å². The third-order valence-electron chi connectivity index (χ3n) is 4.65. The SMILES string of the molecule is Cc1cccc(NC(=O)COC(=O)CNC(=O)c2ccc(C(C)(C)C)cc2)c1C. The van der Waals surface area contributed by atoms with E-state index < -0.39 is 18.5 Å². The summed E-state index contributed by atoms with van der Waals surface area (Å²) in [5.74, 6) is -1.49. The minimum Gasteiger partial charge on any atom is -0.454 e. The van der Waals surface area contributed by atoms with Crippen molar-refractivity contribution in [3.05, 3.63) is 64.7 Å². The number of aryl methyl sites for hydroxylation is 1. The van der Waals surface area contributed by atoms with Crippen LogP contribution in [0.5, 0.6) is 0 Å². The van der Waals surface area contributed by atoms with Crippen molar-refractivity contribution in [2.75, 3.05) is 18.5 Å². The molecule has 0 heterocycles. The number of benzene rings is 2. The van der Waals surface area contributed by atoms with Gasteiger partial charge in [-0.3, -0.25) is 14.4 Å². The lowest BCUT2D eigenvalue weighted by molar-refractivity contribution is -0.146. The fourth-order valence-corrected chi connectivity index (χ4v) is 2.65. The number of rotatable bonds is 6. The van der Waals surface area contributed by atoms with Crippen molar-refractivity contribution in [3.63, 3.8) is 0 Å². The predicted molar refractivity (Wildman–Crippen MR) is 113 cm³/mol. The Balaban J connectivity index is 1.78. The molecule has 2 aromatic carbocycles. The van der Waals surface area contributed by atoms with E-state index in [9.17, 15) is 14.4 Å². The molecule has 0 spiro atoms. The first-order valence-corrected chi connectivity index (χ1v) is 9.48. The molecular weight excluding hydrogens is 368 g/mol. The highest BCUT2D eigenvalue weighted by Crippen LogP contribution is 2.22. The Hall–Kier alpha value is -3.15. The topological polar surface area (TPSA) is 84.5 Å². The summed E-state index contributed by atoms with van der Waals surface area (Å²) < 4.78 is 4.93. The molecule has 6 heteroatoms. The van der Waals surface area contributed by atoms with Gasteiger partial charge >= 0.3 is 5.97 Å². The normalized spacial score (nSPS) is 10.9. The average Bonchev–Trinajstić information content (AvgIpc) is 2.67. The van der Waals surface area contributed by atoms with E-state index >= 15 is 0 Å². The zero-order chi connectivity index (χ0) is 21.6. The van der Waals surface area contributed by atoms with Gasteiger partial charge in [-0.1, -0.05) is 45.0 Å². The first kappa shape index (κ1) is 22.1. The predicted octanol–water partition coefficient (Wildman–Crippen LogP) is 3.51. The standard InChI is InChI=1S/C23H28N2O4/c1-15-7-6-8-19(16(15)2)25-20(26)14-29-21(27)13-24-22(28)17-9-11-18(12-10-17)23(3,4)5/h6-12H,13-14H2,1-5H3,(H,24,28)(H,25,26). The van der Waals surface area contributed by atoms with Crippen molar-refractivity contribution < 1.29 is 19.1 Å².